The van der Waals surface area contributed by atoms with Crippen LogP contribution in [0, 0.1) is 5.92 Å². The Morgan fingerprint density at radius 2 is 1.59 bits per heavy atom. The smallest absolute Gasteiger partial charge is 0.200 e. The maximum absolute atomic E-state index is 10.7. The SMILES string of the molecule is COc1cc(CC[C@H](O)C[C@H](CCc2ccc(O)c(O[C@H]3CC[C@H](CCCO)C3)c2)OCO)cc(OC)c1O. The summed E-state index contributed by atoms with van der Waals surface area (Å²) in [4.78, 5) is 0. The molecule has 9 heteroatoms. The van der Waals surface area contributed by atoms with E-state index in [0.29, 0.717) is 55.3 Å². The van der Waals surface area contributed by atoms with Gasteiger partial charge in [0.05, 0.1) is 32.5 Å². The third-order valence-corrected chi connectivity index (χ3v) is 7.49. The van der Waals surface area contributed by atoms with Crippen LogP contribution < -0.4 is 14.2 Å². The summed E-state index contributed by atoms with van der Waals surface area (Å²) < 4.78 is 22.0. The van der Waals surface area contributed by atoms with Gasteiger partial charge in [0, 0.05) is 6.61 Å². The molecule has 0 radical (unpaired) electrons. The Morgan fingerprint density at radius 1 is 0.897 bits per heavy atom. The van der Waals surface area contributed by atoms with E-state index in [0.717, 1.165) is 43.2 Å². The van der Waals surface area contributed by atoms with E-state index in [9.17, 15) is 20.4 Å². The van der Waals surface area contributed by atoms with E-state index < -0.39 is 12.9 Å². The first kappa shape index (κ1) is 30.8. The lowest BCUT2D eigenvalue weighted by atomic mass is 9.98. The summed E-state index contributed by atoms with van der Waals surface area (Å²) >= 11 is 0. The van der Waals surface area contributed by atoms with Crippen molar-refractivity contribution < 1.29 is 44.5 Å². The van der Waals surface area contributed by atoms with Crippen LogP contribution in [-0.4, -0.2) is 71.5 Å². The molecule has 0 unspecified atom stereocenters. The summed E-state index contributed by atoms with van der Waals surface area (Å²) in [5.41, 5.74) is 1.83. The van der Waals surface area contributed by atoms with E-state index in [1.165, 1.54) is 14.2 Å². The molecular weight excluding hydrogens is 504 g/mol. The van der Waals surface area contributed by atoms with Crippen LogP contribution in [0.15, 0.2) is 30.3 Å². The number of hydrogen-bond acceptors (Lipinski definition) is 9. The Hall–Kier alpha value is -2.72. The number of ether oxygens (including phenoxy) is 4. The third kappa shape index (κ3) is 9.46. The maximum Gasteiger partial charge on any atom is 0.200 e. The second kappa shape index (κ2) is 15.8. The predicted molar refractivity (Wildman–Crippen MR) is 147 cm³/mol. The summed E-state index contributed by atoms with van der Waals surface area (Å²) in [6.07, 6.45) is 6.35. The second-order valence-electron chi connectivity index (χ2n) is 10.3. The van der Waals surface area contributed by atoms with E-state index in [2.05, 4.69) is 0 Å². The maximum atomic E-state index is 10.7. The van der Waals surface area contributed by atoms with Gasteiger partial charge >= 0.3 is 0 Å². The lowest BCUT2D eigenvalue weighted by Gasteiger charge is -2.21. The molecule has 9 nitrogen and oxygen atoms in total. The Kier molecular flexibility index (Phi) is 12.5. The van der Waals surface area contributed by atoms with E-state index in [1.54, 1.807) is 18.2 Å². The average molecular weight is 549 g/mol. The van der Waals surface area contributed by atoms with Crippen LogP contribution in [0.3, 0.4) is 0 Å². The molecule has 0 heterocycles. The van der Waals surface area contributed by atoms with Gasteiger partial charge in [-0.2, -0.15) is 0 Å². The van der Waals surface area contributed by atoms with Crippen molar-refractivity contribution >= 4 is 0 Å². The molecule has 39 heavy (non-hydrogen) atoms. The fraction of sp³-hybridized carbons (Fsp3) is 0.600. The summed E-state index contributed by atoms with van der Waals surface area (Å²) in [6, 6.07) is 8.78. The van der Waals surface area contributed by atoms with Crippen molar-refractivity contribution in [1.82, 2.24) is 0 Å². The molecule has 5 N–H and O–H groups in total. The van der Waals surface area contributed by atoms with E-state index >= 15 is 0 Å². The number of hydrogen-bond donors (Lipinski definition) is 5. The van der Waals surface area contributed by atoms with Gasteiger partial charge in [-0.05, 0) is 106 Å². The lowest BCUT2D eigenvalue weighted by molar-refractivity contribution is -0.0690. The number of aliphatic hydroxyl groups excluding tert-OH is 3. The monoisotopic (exact) mass is 548 g/mol. The number of methoxy groups -OCH3 is 2. The summed E-state index contributed by atoms with van der Waals surface area (Å²) in [5.74, 6) is 1.69. The fourth-order valence-corrected chi connectivity index (χ4v) is 5.32. The van der Waals surface area contributed by atoms with E-state index in [1.807, 2.05) is 12.1 Å². The molecule has 0 amide bonds. The molecule has 0 bridgehead atoms. The quantitative estimate of drug-likeness (QED) is 0.185. The Labute approximate surface area is 230 Å². The molecule has 0 aliphatic heterocycles. The summed E-state index contributed by atoms with van der Waals surface area (Å²) in [5, 5.41) is 49.6. The first-order valence-corrected chi connectivity index (χ1v) is 13.8. The van der Waals surface area contributed by atoms with Crippen LogP contribution >= 0.6 is 0 Å². The van der Waals surface area contributed by atoms with Crippen molar-refractivity contribution in [3.8, 4) is 28.7 Å². The molecule has 2 aromatic rings. The van der Waals surface area contributed by atoms with Gasteiger partial charge in [0.1, 0.15) is 6.79 Å². The molecule has 0 aromatic heterocycles. The number of aliphatic hydroxyl groups is 3. The highest BCUT2D eigenvalue weighted by molar-refractivity contribution is 5.52. The molecule has 3 rings (SSSR count). The van der Waals surface area contributed by atoms with Crippen molar-refractivity contribution in [2.45, 2.75) is 82.5 Å². The Bertz CT molecular complexity index is 987. The highest BCUT2D eigenvalue weighted by Gasteiger charge is 2.26. The molecule has 2 aromatic carbocycles. The van der Waals surface area contributed by atoms with Crippen molar-refractivity contribution in [2.75, 3.05) is 27.6 Å². The Balaban J connectivity index is 1.52. The van der Waals surface area contributed by atoms with Gasteiger partial charge in [-0.25, -0.2) is 0 Å². The number of aryl methyl sites for hydroxylation is 2. The van der Waals surface area contributed by atoms with Gasteiger partial charge in [-0.3, -0.25) is 0 Å². The van der Waals surface area contributed by atoms with Crippen LogP contribution in [0.5, 0.6) is 28.7 Å². The highest BCUT2D eigenvalue weighted by Crippen LogP contribution is 2.38. The van der Waals surface area contributed by atoms with Gasteiger partial charge in [0.2, 0.25) is 5.75 Å². The molecule has 4 atom stereocenters. The second-order valence-corrected chi connectivity index (χ2v) is 10.3. The number of phenols is 2. The van der Waals surface area contributed by atoms with Crippen molar-refractivity contribution in [2.24, 2.45) is 5.92 Å². The number of rotatable bonds is 17. The summed E-state index contributed by atoms with van der Waals surface area (Å²) in [7, 11) is 2.94. The highest BCUT2D eigenvalue weighted by atomic mass is 16.6. The third-order valence-electron chi connectivity index (χ3n) is 7.49. The molecule has 0 saturated heterocycles. The lowest BCUT2D eigenvalue weighted by Crippen LogP contribution is -2.22. The minimum absolute atomic E-state index is 0.0592. The Morgan fingerprint density at radius 3 is 2.26 bits per heavy atom. The minimum Gasteiger partial charge on any atom is -0.504 e. The van der Waals surface area contributed by atoms with Gasteiger partial charge in [-0.1, -0.05) is 6.07 Å². The van der Waals surface area contributed by atoms with Crippen LogP contribution in [-0.2, 0) is 17.6 Å². The molecule has 218 valence electrons. The van der Waals surface area contributed by atoms with E-state index in [-0.39, 0.29) is 30.3 Å². The first-order chi connectivity index (χ1) is 18.9. The number of benzene rings is 2. The van der Waals surface area contributed by atoms with Gasteiger partial charge in [-0.15, -0.1) is 0 Å². The molecule has 1 saturated carbocycles. The van der Waals surface area contributed by atoms with Crippen molar-refractivity contribution in [1.29, 1.82) is 0 Å². The topological polar surface area (TPSA) is 138 Å². The van der Waals surface area contributed by atoms with Crippen LogP contribution in [0.2, 0.25) is 0 Å². The molecule has 1 fully saturated rings. The summed E-state index contributed by atoms with van der Waals surface area (Å²) in [6.45, 7) is -0.224. The van der Waals surface area contributed by atoms with Gasteiger partial charge < -0.3 is 44.5 Å². The zero-order valence-electron chi connectivity index (χ0n) is 23.1. The average Bonchev–Trinajstić information content (AvgIpc) is 3.38. The van der Waals surface area contributed by atoms with Gasteiger partial charge in [0.25, 0.3) is 0 Å². The van der Waals surface area contributed by atoms with Crippen LogP contribution in [0.4, 0.5) is 0 Å². The van der Waals surface area contributed by atoms with E-state index in [4.69, 9.17) is 24.1 Å². The predicted octanol–water partition coefficient (Wildman–Crippen LogP) is 4.09. The molecule has 1 aliphatic carbocycles. The zero-order chi connectivity index (χ0) is 28.2. The fourth-order valence-electron chi connectivity index (χ4n) is 5.32. The molecule has 0 spiro atoms. The van der Waals surface area contributed by atoms with Crippen molar-refractivity contribution in [3.63, 3.8) is 0 Å². The first-order valence-electron chi connectivity index (χ1n) is 13.8. The number of phenolic OH excluding ortho intramolecular Hbond substituents is 2. The van der Waals surface area contributed by atoms with Crippen molar-refractivity contribution in [3.05, 3.63) is 41.5 Å². The standard InChI is InChI=1S/C30H44O9/c1-36-28-16-22(17-29(37-2)30(28)35)5-9-23(33)18-24(38-19-32)10-6-21-8-12-26(34)27(15-21)39-25-11-7-20(14-25)4-3-13-31/h8,12,15-17,20,23-25,31-35H,3-7,9-11,13-14,18-19H2,1-2H3/t20-,23-,24-,25-/m0/s1. The van der Waals surface area contributed by atoms with Gasteiger partial charge in [0.15, 0.2) is 23.0 Å². The number of aromatic hydroxyl groups is 2. The van der Waals surface area contributed by atoms with Crippen LogP contribution in [0.1, 0.15) is 62.5 Å². The van der Waals surface area contributed by atoms with Crippen LogP contribution in [0.25, 0.3) is 0 Å². The normalized spacial score (nSPS) is 18.6. The largest absolute Gasteiger partial charge is 0.504 e. The zero-order valence-corrected chi connectivity index (χ0v) is 23.1. The molecular formula is C30H44O9. The minimum atomic E-state index is -0.660. The molecule has 1 aliphatic rings.